The number of amides is 2. The molecule has 172 valence electrons. The molecule has 3 rings (SSSR count). The number of imidazole rings is 1. The van der Waals surface area contributed by atoms with Gasteiger partial charge in [-0.15, -0.1) is 13.2 Å². The maximum atomic E-state index is 12.9. The zero-order chi connectivity index (χ0) is 23.6. The number of hydrogen-bond donors (Lipinski definition) is 1. The van der Waals surface area contributed by atoms with Gasteiger partial charge in [-0.05, 0) is 29.8 Å². The van der Waals surface area contributed by atoms with E-state index < -0.39 is 0 Å². The molecule has 0 spiro atoms. The highest BCUT2D eigenvalue weighted by Crippen LogP contribution is 2.17. The van der Waals surface area contributed by atoms with Crippen LogP contribution in [0, 0.1) is 0 Å². The van der Waals surface area contributed by atoms with Gasteiger partial charge in [0.25, 0.3) is 0 Å². The number of nitrogens with zero attached hydrogens (tertiary/aromatic N) is 3. The molecule has 1 heterocycles. The average Bonchev–Trinajstić information content (AvgIpc) is 3.16. The van der Waals surface area contributed by atoms with Crippen LogP contribution in [-0.4, -0.2) is 53.0 Å². The van der Waals surface area contributed by atoms with Gasteiger partial charge >= 0.3 is 0 Å². The predicted octanol–water partition coefficient (Wildman–Crippen LogP) is 3.15. The van der Waals surface area contributed by atoms with E-state index in [1.54, 1.807) is 24.2 Å². The summed E-state index contributed by atoms with van der Waals surface area (Å²) in [4.78, 5) is 31.7. The van der Waals surface area contributed by atoms with Gasteiger partial charge in [-0.2, -0.15) is 0 Å². The number of hydrogen-bond acceptors (Lipinski definition) is 4. The molecule has 0 fully saturated rings. The van der Waals surface area contributed by atoms with E-state index in [2.05, 4.69) is 18.5 Å². The zero-order valence-electron chi connectivity index (χ0n) is 19.0. The van der Waals surface area contributed by atoms with Crippen LogP contribution in [0.15, 0.2) is 73.8 Å². The summed E-state index contributed by atoms with van der Waals surface area (Å²) in [5.74, 6) is 1.41. The van der Waals surface area contributed by atoms with Crippen molar-refractivity contribution in [2.45, 2.75) is 19.4 Å². The molecule has 0 radical (unpaired) electrons. The summed E-state index contributed by atoms with van der Waals surface area (Å²) in [6.07, 6.45) is 4.20. The summed E-state index contributed by atoms with van der Waals surface area (Å²) >= 11 is 0. The van der Waals surface area contributed by atoms with Gasteiger partial charge in [0.05, 0.1) is 24.6 Å². The van der Waals surface area contributed by atoms with Crippen LogP contribution in [0.1, 0.15) is 11.4 Å². The van der Waals surface area contributed by atoms with Gasteiger partial charge in [0.1, 0.15) is 18.1 Å². The van der Waals surface area contributed by atoms with Gasteiger partial charge < -0.3 is 19.5 Å². The van der Waals surface area contributed by atoms with Crippen LogP contribution in [0.5, 0.6) is 5.75 Å². The topological polar surface area (TPSA) is 76.5 Å². The van der Waals surface area contributed by atoms with Gasteiger partial charge in [0.2, 0.25) is 11.8 Å². The average molecular weight is 447 g/mol. The molecule has 1 aromatic heterocycles. The van der Waals surface area contributed by atoms with Gasteiger partial charge in [-0.1, -0.05) is 36.4 Å². The molecule has 1 N–H and O–H groups in total. The lowest BCUT2D eigenvalue weighted by atomic mass is 10.1. The fraction of sp³-hybridized carbons (Fsp3) is 0.269. The number of ether oxygens (including phenoxy) is 1. The first-order valence-electron chi connectivity index (χ1n) is 10.9. The second-order valence-corrected chi connectivity index (χ2v) is 7.60. The lowest BCUT2D eigenvalue weighted by Gasteiger charge is -2.20. The highest BCUT2D eigenvalue weighted by Gasteiger charge is 2.17. The molecule has 0 aliphatic rings. The van der Waals surface area contributed by atoms with Crippen LogP contribution >= 0.6 is 0 Å². The summed E-state index contributed by atoms with van der Waals surface area (Å²) in [6, 6.07) is 15.2. The third kappa shape index (κ3) is 6.32. The lowest BCUT2D eigenvalue weighted by molar-refractivity contribution is -0.130. The highest BCUT2D eigenvalue weighted by molar-refractivity contribution is 5.81. The second-order valence-electron chi connectivity index (χ2n) is 7.60. The van der Waals surface area contributed by atoms with E-state index in [4.69, 9.17) is 9.72 Å². The Hall–Kier alpha value is -3.87. The largest absolute Gasteiger partial charge is 0.497 e. The van der Waals surface area contributed by atoms with E-state index in [1.807, 2.05) is 53.1 Å². The molecule has 0 bridgehead atoms. The predicted molar refractivity (Wildman–Crippen MR) is 130 cm³/mol. The molecule has 3 aromatic rings. The van der Waals surface area contributed by atoms with Crippen molar-refractivity contribution in [2.75, 3.05) is 26.7 Å². The molecular formula is C26H30N4O3. The molecule has 7 heteroatoms. The first-order chi connectivity index (χ1) is 16.0. The van der Waals surface area contributed by atoms with Crippen molar-refractivity contribution in [1.82, 2.24) is 19.8 Å². The Morgan fingerprint density at radius 1 is 1.09 bits per heavy atom. The molecule has 2 amide bonds. The quantitative estimate of drug-likeness (QED) is 0.434. The number of methoxy groups -OCH3 is 1. The molecule has 2 aromatic carbocycles. The highest BCUT2D eigenvalue weighted by atomic mass is 16.5. The smallest absolute Gasteiger partial charge is 0.243 e. The Morgan fingerprint density at radius 2 is 1.79 bits per heavy atom. The summed E-state index contributed by atoms with van der Waals surface area (Å²) in [5.41, 5.74) is 2.63. The number of benzene rings is 2. The van der Waals surface area contributed by atoms with Crippen LogP contribution in [0.2, 0.25) is 0 Å². The number of para-hydroxylation sites is 2. The number of aromatic nitrogens is 2. The minimum absolute atomic E-state index is 0.0391. The molecule has 0 saturated carbocycles. The van der Waals surface area contributed by atoms with Gasteiger partial charge in [0, 0.05) is 26.1 Å². The third-order valence-corrected chi connectivity index (χ3v) is 5.27. The van der Waals surface area contributed by atoms with Crippen molar-refractivity contribution < 1.29 is 14.3 Å². The molecule has 0 aliphatic heterocycles. The van der Waals surface area contributed by atoms with E-state index in [9.17, 15) is 9.59 Å². The van der Waals surface area contributed by atoms with Crippen LogP contribution < -0.4 is 10.1 Å². The molecule has 33 heavy (non-hydrogen) atoms. The van der Waals surface area contributed by atoms with Gasteiger partial charge in [-0.25, -0.2) is 4.98 Å². The molecular weight excluding hydrogens is 416 g/mol. The Balaban J connectivity index is 1.67. The SMILES string of the molecule is C=CCN(CC=C)C(=O)Cn1c(CCNC(=O)Cc2ccc(OC)cc2)nc2ccccc21. The van der Waals surface area contributed by atoms with Crippen LogP contribution in [0.3, 0.4) is 0 Å². The maximum Gasteiger partial charge on any atom is 0.243 e. The molecule has 0 aliphatic carbocycles. The maximum absolute atomic E-state index is 12.9. The van der Waals surface area contributed by atoms with Gasteiger partial charge in [0.15, 0.2) is 0 Å². The zero-order valence-corrected chi connectivity index (χ0v) is 19.0. The normalized spacial score (nSPS) is 10.6. The van der Waals surface area contributed by atoms with Crippen molar-refractivity contribution in [3.05, 3.63) is 85.2 Å². The van der Waals surface area contributed by atoms with E-state index in [0.717, 1.165) is 28.2 Å². The number of fused-ring (bicyclic) bond motifs is 1. The second kappa shape index (κ2) is 11.7. The fourth-order valence-corrected chi connectivity index (χ4v) is 3.62. The number of rotatable bonds is 12. The summed E-state index contributed by atoms with van der Waals surface area (Å²) in [5, 5.41) is 2.95. The first-order valence-corrected chi connectivity index (χ1v) is 10.9. The van der Waals surface area contributed by atoms with Crippen molar-refractivity contribution in [1.29, 1.82) is 0 Å². The molecule has 0 unspecified atom stereocenters. The Kier molecular flexibility index (Phi) is 8.41. The van der Waals surface area contributed by atoms with Crippen molar-refractivity contribution >= 4 is 22.8 Å². The van der Waals surface area contributed by atoms with Gasteiger partial charge in [-0.3, -0.25) is 9.59 Å². The number of carbonyl (C=O) groups is 2. The summed E-state index contributed by atoms with van der Waals surface area (Å²) in [7, 11) is 1.61. The Labute approximate surface area is 194 Å². The van der Waals surface area contributed by atoms with Crippen LogP contribution in [0.25, 0.3) is 11.0 Å². The minimum atomic E-state index is -0.0676. The Bertz CT molecular complexity index is 1110. The molecule has 7 nitrogen and oxygen atoms in total. The Morgan fingerprint density at radius 3 is 2.45 bits per heavy atom. The number of nitrogens with one attached hydrogen (secondary N) is 1. The van der Waals surface area contributed by atoms with Crippen LogP contribution in [0.4, 0.5) is 0 Å². The van der Waals surface area contributed by atoms with E-state index in [1.165, 1.54) is 0 Å². The van der Waals surface area contributed by atoms with E-state index in [0.29, 0.717) is 26.1 Å². The monoisotopic (exact) mass is 446 g/mol. The molecule has 0 atom stereocenters. The van der Waals surface area contributed by atoms with E-state index in [-0.39, 0.29) is 24.8 Å². The minimum Gasteiger partial charge on any atom is -0.497 e. The lowest BCUT2D eigenvalue weighted by Crippen LogP contribution is -2.34. The van der Waals surface area contributed by atoms with Crippen molar-refractivity contribution in [3.63, 3.8) is 0 Å². The van der Waals surface area contributed by atoms with Crippen molar-refractivity contribution in [2.24, 2.45) is 0 Å². The van der Waals surface area contributed by atoms with Crippen LogP contribution in [-0.2, 0) is 29.0 Å². The third-order valence-electron chi connectivity index (χ3n) is 5.27. The fourth-order valence-electron chi connectivity index (χ4n) is 3.62. The summed E-state index contributed by atoms with van der Waals surface area (Å²) in [6.45, 7) is 8.96. The first kappa shape index (κ1) is 23.8. The van der Waals surface area contributed by atoms with E-state index >= 15 is 0 Å². The van der Waals surface area contributed by atoms with Crippen molar-refractivity contribution in [3.8, 4) is 5.75 Å². The molecule has 0 saturated heterocycles. The number of carbonyl (C=O) groups excluding carboxylic acids is 2. The summed E-state index contributed by atoms with van der Waals surface area (Å²) < 4.78 is 7.07. The standard InChI is InChI=1S/C26H30N4O3/c1-4-16-29(17-5-2)26(32)19-30-23-9-7-6-8-22(23)28-24(30)14-15-27-25(31)18-20-10-12-21(33-3)13-11-20/h4-13H,1-2,14-19H2,3H3,(H,27,31).